The van der Waals surface area contributed by atoms with Crippen LogP contribution in [0, 0.1) is 28.6 Å². The minimum absolute atomic E-state index is 0.0497. The fourth-order valence-electron chi connectivity index (χ4n) is 5.98. The second-order valence-corrected chi connectivity index (χ2v) is 9.84. The van der Waals surface area contributed by atoms with Crippen molar-refractivity contribution in [3.63, 3.8) is 0 Å². The van der Waals surface area contributed by atoms with Gasteiger partial charge in [0.25, 0.3) is 0 Å². The van der Waals surface area contributed by atoms with E-state index in [4.69, 9.17) is 4.74 Å². The molecule has 0 N–H and O–H groups in total. The van der Waals surface area contributed by atoms with Gasteiger partial charge in [-0.1, -0.05) is 27.2 Å². The molecule has 4 aliphatic rings. The average molecular weight is 321 g/mol. The lowest BCUT2D eigenvalue weighted by Crippen LogP contribution is -2.62. The third-order valence-corrected chi connectivity index (χ3v) is 7.52. The molecule has 2 atom stereocenters. The Morgan fingerprint density at radius 2 is 1.74 bits per heavy atom. The van der Waals surface area contributed by atoms with Crippen LogP contribution in [0.2, 0.25) is 0 Å². The standard InChI is InChI=1S/C21H36O2/c1-6-8-9-21(23-18(22)19(3,4)7-2)16-10-15-11-17(21)14-20(5,12-15)13-16/h15-17H,6-14H2,1-5H3. The summed E-state index contributed by atoms with van der Waals surface area (Å²) >= 11 is 0. The van der Waals surface area contributed by atoms with Gasteiger partial charge in [0.05, 0.1) is 5.41 Å². The van der Waals surface area contributed by atoms with Crippen molar-refractivity contribution in [3.8, 4) is 0 Å². The van der Waals surface area contributed by atoms with E-state index in [2.05, 4.69) is 20.8 Å². The lowest BCUT2D eigenvalue weighted by Gasteiger charge is -2.64. The van der Waals surface area contributed by atoms with Crippen molar-refractivity contribution in [2.75, 3.05) is 0 Å². The number of hydrogen-bond donors (Lipinski definition) is 0. The summed E-state index contributed by atoms with van der Waals surface area (Å²) in [5.74, 6) is 2.17. The van der Waals surface area contributed by atoms with Gasteiger partial charge in [0.2, 0.25) is 0 Å². The van der Waals surface area contributed by atoms with E-state index in [9.17, 15) is 4.79 Å². The molecule has 0 aromatic heterocycles. The van der Waals surface area contributed by atoms with E-state index in [1.165, 1.54) is 44.9 Å². The first-order valence-electron chi connectivity index (χ1n) is 9.98. The lowest BCUT2D eigenvalue weighted by molar-refractivity contribution is -0.232. The Morgan fingerprint density at radius 1 is 1.13 bits per heavy atom. The van der Waals surface area contributed by atoms with Gasteiger partial charge < -0.3 is 4.74 Å². The molecule has 0 amide bonds. The molecule has 0 saturated heterocycles. The summed E-state index contributed by atoms with van der Waals surface area (Å²) in [6.07, 6.45) is 10.9. The first-order chi connectivity index (χ1) is 10.7. The van der Waals surface area contributed by atoms with Crippen molar-refractivity contribution in [1.29, 1.82) is 0 Å². The van der Waals surface area contributed by atoms with E-state index in [0.717, 1.165) is 18.8 Å². The molecule has 0 spiro atoms. The molecule has 2 nitrogen and oxygen atoms in total. The quantitative estimate of drug-likeness (QED) is 0.583. The maximum Gasteiger partial charge on any atom is 0.312 e. The Labute approximate surface area is 142 Å². The van der Waals surface area contributed by atoms with Crippen molar-refractivity contribution < 1.29 is 9.53 Å². The Hall–Kier alpha value is -0.530. The maximum atomic E-state index is 12.9. The summed E-state index contributed by atoms with van der Waals surface area (Å²) in [4.78, 5) is 12.9. The SMILES string of the molecule is CCCCC1(OC(=O)C(C)(C)CC)C2CC3CC1CC(C)(C3)C2. The Balaban J connectivity index is 1.88. The molecule has 2 unspecified atom stereocenters. The van der Waals surface area contributed by atoms with Gasteiger partial charge in [-0.2, -0.15) is 0 Å². The van der Waals surface area contributed by atoms with Gasteiger partial charge in [-0.15, -0.1) is 0 Å². The molecule has 0 aliphatic heterocycles. The van der Waals surface area contributed by atoms with Crippen molar-refractivity contribution in [1.82, 2.24) is 0 Å². The number of rotatable bonds is 6. The van der Waals surface area contributed by atoms with Crippen LogP contribution >= 0.6 is 0 Å². The predicted molar refractivity (Wildman–Crippen MR) is 94.1 cm³/mol. The van der Waals surface area contributed by atoms with Crippen LogP contribution in [0.15, 0.2) is 0 Å². The average Bonchev–Trinajstić information content (AvgIpc) is 2.48. The molecular weight excluding hydrogens is 284 g/mol. The van der Waals surface area contributed by atoms with E-state index < -0.39 is 0 Å². The largest absolute Gasteiger partial charge is 0.458 e. The monoisotopic (exact) mass is 320 g/mol. The summed E-state index contributed by atoms with van der Waals surface area (Å²) < 4.78 is 6.48. The fourth-order valence-corrected chi connectivity index (χ4v) is 5.98. The van der Waals surface area contributed by atoms with Gasteiger partial charge in [-0.05, 0) is 88.4 Å². The molecule has 2 heteroatoms. The van der Waals surface area contributed by atoms with E-state index in [1.807, 2.05) is 13.8 Å². The van der Waals surface area contributed by atoms with Gasteiger partial charge in [0.1, 0.15) is 5.60 Å². The number of hydrogen-bond acceptors (Lipinski definition) is 2. The zero-order chi connectivity index (χ0) is 16.9. The smallest absolute Gasteiger partial charge is 0.312 e. The van der Waals surface area contributed by atoms with Crippen LogP contribution in [0.5, 0.6) is 0 Å². The molecule has 4 rings (SSSR count). The van der Waals surface area contributed by atoms with E-state index in [1.54, 1.807) is 0 Å². The number of carbonyl (C=O) groups excluding carboxylic acids is 1. The minimum atomic E-state index is -0.349. The highest BCUT2D eigenvalue weighted by Crippen LogP contribution is 2.65. The van der Waals surface area contributed by atoms with Gasteiger partial charge in [0.15, 0.2) is 0 Å². The molecule has 0 aromatic rings. The highest BCUT2D eigenvalue weighted by atomic mass is 16.6. The maximum absolute atomic E-state index is 12.9. The van der Waals surface area contributed by atoms with Crippen LogP contribution in [0.4, 0.5) is 0 Å². The molecule has 4 saturated carbocycles. The molecule has 4 bridgehead atoms. The van der Waals surface area contributed by atoms with Crippen LogP contribution in [0.1, 0.15) is 92.4 Å². The van der Waals surface area contributed by atoms with Gasteiger partial charge in [-0.3, -0.25) is 4.79 Å². The van der Waals surface area contributed by atoms with Crippen molar-refractivity contribution in [2.45, 2.75) is 98.0 Å². The zero-order valence-corrected chi connectivity index (χ0v) is 15.9. The first kappa shape index (κ1) is 17.3. The number of esters is 1. The highest BCUT2D eigenvalue weighted by molar-refractivity contribution is 5.76. The third-order valence-electron chi connectivity index (χ3n) is 7.52. The second-order valence-electron chi connectivity index (χ2n) is 9.84. The topological polar surface area (TPSA) is 26.3 Å². The molecule has 0 radical (unpaired) electrons. The van der Waals surface area contributed by atoms with E-state index >= 15 is 0 Å². The van der Waals surface area contributed by atoms with E-state index in [0.29, 0.717) is 17.3 Å². The van der Waals surface area contributed by atoms with Crippen LogP contribution in [-0.2, 0) is 9.53 Å². The lowest BCUT2D eigenvalue weighted by atomic mass is 9.44. The summed E-state index contributed by atoms with van der Waals surface area (Å²) in [6, 6.07) is 0. The zero-order valence-electron chi connectivity index (χ0n) is 15.9. The summed E-state index contributed by atoms with van der Waals surface area (Å²) in [7, 11) is 0. The van der Waals surface area contributed by atoms with Crippen LogP contribution in [0.25, 0.3) is 0 Å². The van der Waals surface area contributed by atoms with Gasteiger partial charge in [-0.25, -0.2) is 0 Å². The number of ether oxygens (including phenoxy) is 1. The Morgan fingerprint density at radius 3 is 2.22 bits per heavy atom. The van der Waals surface area contributed by atoms with Gasteiger partial charge in [0, 0.05) is 0 Å². The Bertz CT molecular complexity index is 448. The summed E-state index contributed by atoms with van der Waals surface area (Å²) in [6.45, 7) is 10.9. The van der Waals surface area contributed by atoms with E-state index in [-0.39, 0.29) is 17.0 Å². The molecule has 4 aliphatic carbocycles. The number of carbonyl (C=O) groups is 1. The highest BCUT2D eigenvalue weighted by Gasteiger charge is 2.62. The van der Waals surface area contributed by atoms with Crippen LogP contribution in [0.3, 0.4) is 0 Å². The van der Waals surface area contributed by atoms with Crippen LogP contribution in [-0.4, -0.2) is 11.6 Å². The third kappa shape index (κ3) is 2.85. The molecular formula is C21H36O2. The minimum Gasteiger partial charge on any atom is -0.458 e. The van der Waals surface area contributed by atoms with Gasteiger partial charge >= 0.3 is 5.97 Å². The summed E-state index contributed by atoms with van der Waals surface area (Å²) in [5, 5.41) is 0. The fraction of sp³-hybridized carbons (Fsp3) is 0.952. The Kier molecular flexibility index (Phi) is 4.34. The normalized spacial score (nSPS) is 42.0. The van der Waals surface area contributed by atoms with Crippen molar-refractivity contribution >= 4 is 5.97 Å². The van der Waals surface area contributed by atoms with Crippen molar-refractivity contribution in [3.05, 3.63) is 0 Å². The molecule has 4 fully saturated rings. The summed E-state index contributed by atoms with van der Waals surface area (Å²) in [5.41, 5.74) is 0.0344. The second kappa shape index (κ2) is 5.77. The molecule has 0 heterocycles. The molecule has 23 heavy (non-hydrogen) atoms. The molecule has 132 valence electrons. The predicted octanol–water partition coefficient (Wildman–Crippen LogP) is 5.74. The van der Waals surface area contributed by atoms with Crippen LogP contribution < -0.4 is 0 Å². The number of unbranched alkanes of at least 4 members (excludes halogenated alkanes) is 1. The molecule has 0 aromatic carbocycles. The van der Waals surface area contributed by atoms with Crippen molar-refractivity contribution in [2.24, 2.45) is 28.6 Å². The first-order valence-corrected chi connectivity index (χ1v) is 9.98.